The second-order valence-corrected chi connectivity index (χ2v) is 7.50. The number of allylic oxidation sites excluding steroid dienone is 2. The van der Waals surface area contributed by atoms with Gasteiger partial charge in [-0.25, -0.2) is 0 Å². The van der Waals surface area contributed by atoms with E-state index in [4.69, 9.17) is 11.5 Å². The van der Waals surface area contributed by atoms with Crippen molar-refractivity contribution in [2.45, 2.75) is 88.1 Å². The lowest BCUT2D eigenvalue weighted by Crippen LogP contribution is -2.70. The van der Waals surface area contributed by atoms with Gasteiger partial charge in [0.2, 0.25) is 0 Å². The molecule has 0 heterocycles. The van der Waals surface area contributed by atoms with Crippen LogP contribution in [-0.2, 0) is 0 Å². The van der Waals surface area contributed by atoms with Gasteiger partial charge in [-0.15, -0.1) is 13.2 Å². The van der Waals surface area contributed by atoms with Gasteiger partial charge in [-0.3, -0.25) is 0 Å². The van der Waals surface area contributed by atoms with Crippen LogP contribution in [0.3, 0.4) is 0 Å². The van der Waals surface area contributed by atoms with Gasteiger partial charge in [-0.05, 0) is 38.5 Å². The Balaban J connectivity index is 2.44. The van der Waals surface area contributed by atoms with E-state index in [-0.39, 0.29) is 16.5 Å². The van der Waals surface area contributed by atoms with E-state index >= 15 is 0 Å². The molecule has 120 valence electrons. The highest BCUT2D eigenvalue weighted by atomic mass is 14.9. The van der Waals surface area contributed by atoms with Crippen LogP contribution in [0.25, 0.3) is 0 Å². The summed E-state index contributed by atoms with van der Waals surface area (Å²) in [7, 11) is 0. The van der Waals surface area contributed by atoms with E-state index in [9.17, 15) is 0 Å². The lowest BCUT2D eigenvalue weighted by atomic mass is 9.49. The average Bonchev–Trinajstić information content (AvgIpc) is 2.48. The van der Waals surface area contributed by atoms with Crippen LogP contribution in [0.2, 0.25) is 0 Å². The van der Waals surface area contributed by atoms with E-state index in [1.165, 1.54) is 38.5 Å². The molecule has 0 spiro atoms. The van der Waals surface area contributed by atoms with Crippen LogP contribution >= 0.6 is 0 Å². The smallest absolute Gasteiger partial charge is 0.0235 e. The predicted molar refractivity (Wildman–Crippen MR) is 92.1 cm³/mol. The highest BCUT2D eigenvalue weighted by Gasteiger charge is 2.57. The van der Waals surface area contributed by atoms with Gasteiger partial charge in [-0.2, -0.15) is 0 Å². The Hall–Kier alpha value is -0.600. The van der Waals surface area contributed by atoms with Gasteiger partial charge in [0, 0.05) is 16.5 Å². The molecule has 2 saturated carbocycles. The molecule has 0 saturated heterocycles. The molecule has 2 heteroatoms. The molecule has 0 atom stereocenters. The summed E-state index contributed by atoms with van der Waals surface area (Å²) in [6, 6.07) is 0. The van der Waals surface area contributed by atoms with Crippen molar-refractivity contribution in [1.82, 2.24) is 0 Å². The molecule has 0 bridgehead atoms. The van der Waals surface area contributed by atoms with Crippen LogP contribution in [0, 0.1) is 5.41 Å². The fourth-order valence-electron chi connectivity index (χ4n) is 5.21. The lowest BCUT2D eigenvalue weighted by Gasteiger charge is -2.60. The Morgan fingerprint density at radius 2 is 1.05 bits per heavy atom. The molecule has 2 rings (SSSR count). The molecule has 2 aliphatic carbocycles. The van der Waals surface area contributed by atoms with Crippen LogP contribution in [0.5, 0.6) is 0 Å². The van der Waals surface area contributed by atoms with E-state index in [0.717, 1.165) is 38.5 Å². The number of rotatable bonds is 6. The first kappa shape index (κ1) is 16.8. The zero-order valence-corrected chi connectivity index (χ0v) is 13.7. The number of nitrogens with two attached hydrogens (primary N) is 2. The van der Waals surface area contributed by atoms with Crippen LogP contribution in [-0.4, -0.2) is 11.1 Å². The highest BCUT2D eigenvalue weighted by molar-refractivity contribution is 5.19. The van der Waals surface area contributed by atoms with E-state index in [1.807, 2.05) is 0 Å². The third-order valence-corrected chi connectivity index (χ3v) is 6.38. The molecular weight excluding hydrogens is 256 g/mol. The maximum Gasteiger partial charge on any atom is 0.0235 e. The SMILES string of the molecule is C=CCC(CC=C)(C1(N)CCCCC1)C1(N)CCCCC1. The first-order chi connectivity index (χ1) is 10.0. The van der Waals surface area contributed by atoms with Gasteiger partial charge in [-0.1, -0.05) is 50.7 Å². The summed E-state index contributed by atoms with van der Waals surface area (Å²) < 4.78 is 0. The summed E-state index contributed by atoms with van der Waals surface area (Å²) in [4.78, 5) is 0. The quantitative estimate of drug-likeness (QED) is 0.710. The average molecular weight is 290 g/mol. The third kappa shape index (κ3) is 2.85. The third-order valence-electron chi connectivity index (χ3n) is 6.38. The maximum absolute atomic E-state index is 7.05. The van der Waals surface area contributed by atoms with Gasteiger partial charge >= 0.3 is 0 Å². The highest BCUT2D eigenvalue weighted by Crippen LogP contribution is 2.55. The fourth-order valence-corrected chi connectivity index (χ4v) is 5.21. The molecule has 2 aliphatic rings. The standard InChI is InChI=1S/C19H34N2/c1-3-11-17(12-4-2,18(20)13-7-5-8-14-18)19(21)15-9-6-10-16-19/h3-4H,1-2,5-16,20-21H2. The van der Waals surface area contributed by atoms with Gasteiger partial charge in [0.1, 0.15) is 0 Å². The molecule has 4 N–H and O–H groups in total. The van der Waals surface area contributed by atoms with Crippen molar-refractivity contribution in [2.24, 2.45) is 16.9 Å². The largest absolute Gasteiger partial charge is 0.325 e. The second kappa shape index (κ2) is 6.66. The van der Waals surface area contributed by atoms with Crippen molar-refractivity contribution >= 4 is 0 Å². The Kier molecular flexibility index (Phi) is 5.32. The van der Waals surface area contributed by atoms with Crippen molar-refractivity contribution in [3.05, 3.63) is 25.3 Å². The summed E-state index contributed by atoms with van der Waals surface area (Å²) in [6.45, 7) is 8.07. The number of hydrogen-bond acceptors (Lipinski definition) is 2. The molecule has 0 aromatic carbocycles. The Bertz CT molecular complexity index is 324. The van der Waals surface area contributed by atoms with Crippen LogP contribution in [0.1, 0.15) is 77.0 Å². The molecule has 0 unspecified atom stereocenters. The molecule has 0 amide bonds. The minimum absolute atomic E-state index is 0.0651. The van der Waals surface area contributed by atoms with Crippen molar-refractivity contribution < 1.29 is 0 Å². The van der Waals surface area contributed by atoms with Gasteiger partial charge < -0.3 is 11.5 Å². The van der Waals surface area contributed by atoms with Gasteiger partial charge in [0.25, 0.3) is 0 Å². The van der Waals surface area contributed by atoms with Gasteiger partial charge in [0.05, 0.1) is 0 Å². The number of hydrogen-bond donors (Lipinski definition) is 2. The lowest BCUT2D eigenvalue weighted by molar-refractivity contribution is -0.0188. The monoisotopic (exact) mass is 290 g/mol. The second-order valence-electron chi connectivity index (χ2n) is 7.50. The summed E-state index contributed by atoms with van der Waals surface area (Å²) in [5.41, 5.74) is 13.7. The molecule has 21 heavy (non-hydrogen) atoms. The summed E-state index contributed by atoms with van der Waals surface area (Å²) in [5.74, 6) is 0. The molecular formula is C19H34N2. The molecule has 2 nitrogen and oxygen atoms in total. The summed E-state index contributed by atoms with van der Waals surface area (Å²) in [5, 5.41) is 0. The van der Waals surface area contributed by atoms with Crippen molar-refractivity contribution in [3.8, 4) is 0 Å². The van der Waals surface area contributed by atoms with Crippen molar-refractivity contribution in [3.63, 3.8) is 0 Å². The van der Waals surface area contributed by atoms with E-state index in [0.29, 0.717) is 0 Å². The Morgan fingerprint density at radius 3 is 1.33 bits per heavy atom. The van der Waals surface area contributed by atoms with Crippen LogP contribution in [0.4, 0.5) is 0 Å². The van der Waals surface area contributed by atoms with E-state index < -0.39 is 0 Å². The molecule has 0 aromatic rings. The topological polar surface area (TPSA) is 52.0 Å². The first-order valence-corrected chi connectivity index (χ1v) is 8.83. The van der Waals surface area contributed by atoms with E-state index in [2.05, 4.69) is 25.3 Å². The van der Waals surface area contributed by atoms with Crippen LogP contribution < -0.4 is 11.5 Å². The van der Waals surface area contributed by atoms with Crippen LogP contribution in [0.15, 0.2) is 25.3 Å². The Morgan fingerprint density at radius 1 is 0.714 bits per heavy atom. The predicted octanol–water partition coefficient (Wildman–Crippen LogP) is 4.45. The molecule has 0 aromatic heterocycles. The first-order valence-electron chi connectivity index (χ1n) is 8.83. The summed E-state index contributed by atoms with van der Waals surface area (Å²) in [6.07, 6.45) is 18.0. The van der Waals surface area contributed by atoms with Crippen molar-refractivity contribution in [2.75, 3.05) is 0 Å². The van der Waals surface area contributed by atoms with Gasteiger partial charge in [0.15, 0.2) is 0 Å². The zero-order valence-electron chi connectivity index (χ0n) is 13.7. The fraction of sp³-hybridized carbons (Fsp3) is 0.789. The molecule has 2 fully saturated rings. The van der Waals surface area contributed by atoms with E-state index in [1.54, 1.807) is 0 Å². The zero-order chi connectivity index (χ0) is 15.4. The minimum atomic E-state index is -0.153. The Labute approximate surface area is 131 Å². The van der Waals surface area contributed by atoms with Crippen molar-refractivity contribution in [1.29, 1.82) is 0 Å². The summed E-state index contributed by atoms with van der Waals surface area (Å²) >= 11 is 0. The maximum atomic E-state index is 7.05. The molecule has 0 radical (unpaired) electrons. The minimum Gasteiger partial charge on any atom is -0.325 e. The normalized spacial score (nSPS) is 25.2. The molecule has 0 aliphatic heterocycles.